The molecule has 2 aromatic rings. The number of aromatic nitrogens is 1. The summed E-state index contributed by atoms with van der Waals surface area (Å²) in [6.45, 7) is -0.0781. The molecule has 0 saturated heterocycles. The average molecular weight is 474 g/mol. The minimum absolute atomic E-state index is 0.0644. The maximum Gasteiger partial charge on any atom is 0.417 e. The third kappa shape index (κ3) is 7.96. The second-order valence-electron chi connectivity index (χ2n) is 6.02. The number of nitriles is 1. The Balaban J connectivity index is 1.70. The highest BCUT2D eigenvalue weighted by atomic mass is 35.5. The van der Waals surface area contributed by atoms with Crippen molar-refractivity contribution in [2.45, 2.75) is 12.1 Å². The number of nitrogens with one attached hydrogen (secondary N) is 2. The van der Waals surface area contributed by atoms with Gasteiger partial charge in [-0.3, -0.25) is 4.79 Å². The lowest BCUT2D eigenvalue weighted by Gasteiger charge is -2.11. The van der Waals surface area contributed by atoms with Crippen molar-refractivity contribution < 1.29 is 22.8 Å². The first-order valence-electron chi connectivity index (χ1n) is 8.74. The summed E-state index contributed by atoms with van der Waals surface area (Å²) in [5.74, 6) is -1.08. The van der Waals surface area contributed by atoms with Gasteiger partial charge in [0.05, 0.1) is 22.9 Å². The van der Waals surface area contributed by atoms with E-state index in [4.69, 9.17) is 28.0 Å². The Labute approximate surface area is 185 Å². The van der Waals surface area contributed by atoms with Crippen LogP contribution in [0.1, 0.15) is 17.0 Å². The van der Waals surface area contributed by atoms with E-state index < -0.39 is 23.6 Å². The van der Waals surface area contributed by atoms with Gasteiger partial charge in [0.15, 0.2) is 6.61 Å². The number of oxime groups is 1. The molecule has 1 unspecified atom stereocenters. The molecule has 0 radical (unpaired) electrons. The SMILES string of the molecule is N#CC(C=NOCC(=O)NCCNc1ncc(C(F)(F)F)cc1Cl)c1ccc(Cl)cc1. The maximum absolute atomic E-state index is 12.6. The van der Waals surface area contributed by atoms with E-state index >= 15 is 0 Å². The van der Waals surface area contributed by atoms with Crippen LogP contribution in [0.25, 0.3) is 0 Å². The minimum Gasteiger partial charge on any atom is -0.386 e. The van der Waals surface area contributed by atoms with Crippen molar-refractivity contribution in [3.8, 4) is 6.07 Å². The van der Waals surface area contributed by atoms with Crippen molar-refractivity contribution in [1.29, 1.82) is 5.26 Å². The van der Waals surface area contributed by atoms with Gasteiger partial charge in [0.1, 0.15) is 11.7 Å². The lowest BCUT2D eigenvalue weighted by atomic mass is 10.0. The lowest BCUT2D eigenvalue weighted by molar-refractivity contribution is -0.137. The number of carbonyl (C=O) groups excluding carboxylic acids is 1. The second-order valence-corrected chi connectivity index (χ2v) is 6.86. The zero-order valence-corrected chi connectivity index (χ0v) is 17.3. The maximum atomic E-state index is 12.6. The third-order valence-electron chi connectivity index (χ3n) is 3.76. The largest absolute Gasteiger partial charge is 0.417 e. The number of anilines is 1. The highest BCUT2D eigenvalue weighted by Crippen LogP contribution is 2.32. The highest BCUT2D eigenvalue weighted by Gasteiger charge is 2.31. The van der Waals surface area contributed by atoms with Crippen molar-refractivity contribution in [3.05, 3.63) is 57.7 Å². The molecule has 0 aliphatic rings. The number of pyridine rings is 1. The summed E-state index contributed by atoms with van der Waals surface area (Å²) >= 11 is 11.6. The number of carbonyl (C=O) groups is 1. The van der Waals surface area contributed by atoms with Crippen LogP contribution in [0, 0.1) is 11.3 Å². The molecule has 1 aromatic heterocycles. The standard InChI is InChI=1S/C19H16Cl2F3N5O2/c20-15-3-1-12(2-4-15)13(8-25)9-29-31-11-17(30)26-5-6-27-18-16(21)7-14(10-28-18)19(22,23)24/h1-4,7,9-10,13H,5-6,11H2,(H,26,30)(H,27,28). The number of nitrogens with zero attached hydrogens (tertiary/aromatic N) is 3. The van der Waals surface area contributed by atoms with Crippen molar-refractivity contribution in [2.75, 3.05) is 25.0 Å². The number of amides is 1. The van der Waals surface area contributed by atoms with Crippen LogP contribution in [0.15, 0.2) is 41.7 Å². The Morgan fingerprint density at radius 1 is 1.29 bits per heavy atom. The number of hydrogen-bond acceptors (Lipinski definition) is 6. The van der Waals surface area contributed by atoms with E-state index in [0.717, 1.165) is 6.07 Å². The molecule has 2 rings (SSSR count). The zero-order valence-electron chi connectivity index (χ0n) is 15.8. The molecule has 0 spiro atoms. The van der Waals surface area contributed by atoms with Crippen LogP contribution in [0.3, 0.4) is 0 Å². The number of hydrogen-bond donors (Lipinski definition) is 2. The molecule has 164 valence electrons. The highest BCUT2D eigenvalue weighted by molar-refractivity contribution is 6.33. The molecule has 7 nitrogen and oxygen atoms in total. The van der Waals surface area contributed by atoms with Crippen LogP contribution in [0.4, 0.5) is 19.0 Å². The molecule has 0 aliphatic heterocycles. The van der Waals surface area contributed by atoms with Crippen LogP contribution in [0.5, 0.6) is 0 Å². The van der Waals surface area contributed by atoms with Gasteiger partial charge in [0.2, 0.25) is 0 Å². The molecule has 1 amide bonds. The van der Waals surface area contributed by atoms with Gasteiger partial charge in [0, 0.05) is 24.3 Å². The van der Waals surface area contributed by atoms with Gasteiger partial charge in [-0.05, 0) is 23.8 Å². The first kappa shape index (κ1) is 24.2. The molecule has 1 atom stereocenters. The number of rotatable bonds is 9. The molecule has 1 heterocycles. The van der Waals surface area contributed by atoms with E-state index in [0.29, 0.717) is 16.8 Å². The van der Waals surface area contributed by atoms with Crippen LogP contribution in [0.2, 0.25) is 10.0 Å². The smallest absolute Gasteiger partial charge is 0.386 e. The van der Waals surface area contributed by atoms with Crippen molar-refractivity contribution in [1.82, 2.24) is 10.3 Å². The summed E-state index contributed by atoms with van der Waals surface area (Å²) in [4.78, 5) is 20.2. The molecule has 1 aromatic carbocycles. The molecule has 2 N–H and O–H groups in total. The molecule has 0 aliphatic carbocycles. The number of halogens is 5. The topological polar surface area (TPSA) is 99.4 Å². The van der Waals surface area contributed by atoms with Gasteiger partial charge < -0.3 is 15.5 Å². The Bertz CT molecular complexity index is 962. The summed E-state index contributed by atoms with van der Waals surface area (Å²) in [5, 5.41) is 18.4. The van der Waals surface area contributed by atoms with E-state index in [9.17, 15) is 23.2 Å². The van der Waals surface area contributed by atoms with E-state index in [1.54, 1.807) is 24.3 Å². The fourth-order valence-electron chi connectivity index (χ4n) is 2.22. The van der Waals surface area contributed by atoms with Crippen molar-refractivity contribution in [3.63, 3.8) is 0 Å². The van der Waals surface area contributed by atoms with Gasteiger partial charge in [-0.25, -0.2) is 4.98 Å². The molecule has 0 fully saturated rings. The Morgan fingerprint density at radius 2 is 2.00 bits per heavy atom. The summed E-state index contributed by atoms with van der Waals surface area (Å²) in [6.07, 6.45) is -2.61. The molecule has 0 saturated carbocycles. The van der Waals surface area contributed by atoms with E-state index in [2.05, 4.69) is 20.8 Å². The van der Waals surface area contributed by atoms with Gasteiger partial charge in [-0.15, -0.1) is 0 Å². The van der Waals surface area contributed by atoms with E-state index in [1.807, 2.05) is 6.07 Å². The molecule has 0 bridgehead atoms. The predicted molar refractivity (Wildman–Crippen MR) is 110 cm³/mol. The van der Waals surface area contributed by atoms with Crippen LogP contribution in [-0.4, -0.2) is 36.8 Å². The Kier molecular flexibility index (Phi) is 8.90. The van der Waals surface area contributed by atoms with Crippen LogP contribution < -0.4 is 10.6 Å². The van der Waals surface area contributed by atoms with Gasteiger partial charge in [0.25, 0.3) is 5.91 Å². The number of benzene rings is 1. The lowest BCUT2D eigenvalue weighted by Crippen LogP contribution is -2.31. The van der Waals surface area contributed by atoms with Gasteiger partial charge in [-0.1, -0.05) is 40.5 Å². The summed E-state index contributed by atoms with van der Waals surface area (Å²) in [6, 6.07) is 9.45. The second kappa shape index (κ2) is 11.4. The minimum atomic E-state index is -4.53. The third-order valence-corrected chi connectivity index (χ3v) is 4.30. The molecule has 31 heavy (non-hydrogen) atoms. The monoisotopic (exact) mass is 473 g/mol. The summed E-state index contributed by atoms with van der Waals surface area (Å²) in [7, 11) is 0. The Hall–Kier alpha value is -3.03. The fraction of sp³-hybridized carbons (Fsp3) is 0.263. The van der Waals surface area contributed by atoms with E-state index in [-0.39, 0.29) is 30.5 Å². The molecule has 12 heteroatoms. The van der Waals surface area contributed by atoms with Gasteiger partial charge in [-0.2, -0.15) is 18.4 Å². The van der Waals surface area contributed by atoms with Crippen molar-refractivity contribution in [2.24, 2.45) is 5.16 Å². The summed E-state index contributed by atoms with van der Waals surface area (Å²) < 4.78 is 37.7. The van der Waals surface area contributed by atoms with Crippen molar-refractivity contribution >= 4 is 41.1 Å². The molecular formula is C19H16Cl2F3N5O2. The summed E-state index contributed by atoms with van der Waals surface area (Å²) in [5.41, 5.74) is -0.283. The van der Waals surface area contributed by atoms with Gasteiger partial charge >= 0.3 is 6.18 Å². The Morgan fingerprint density at radius 3 is 2.61 bits per heavy atom. The van der Waals surface area contributed by atoms with Crippen LogP contribution >= 0.6 is 23.2 Å². The normalized spacial score (nSPS) is 12.3. The molecular weight excluding hydrogens is 458 g/mol. The first-order valence-corrected chi connectivity index (χ1v) is 9.50. The zero-order chi connectivity index (χ0) is 22.9. The fourth-order valence-corrected chi connectivity index (χ4v) is 2.58. The quantitative estimate of drug-likeness (QED) is 0.322. The predicted octanol–water partition coefficient (Wildman–Crippen LogP) is 4.25. The van der Waals surface area contributed by atoms with E-state index in [1.165, 1.54) is 6.21 Å². The van der Waals surface area contributed by atoms with Crippen LogP contribution in [-0.2, 0) is 15.8 Å². The average Bonchev–Trinajstić information content (AvgIpc) is 2.72. The first-order chi connectivity index (χ1) is 14.7. The number of alkyl halides is 3.